The molecule has 0 aliphatic carbocycles. The molecule has 1 atom stereocenters. The molecule has 0 bridgehead atoms. The Morgan fingerprint density at radius 3 is 1.22 bits per heavy atom. The zero-order chi connectivity index (χ0) is 7.00. The molecule has 0 rings (SSSR count). The third-order valence-corrected chi connectivity index (χ3v) is 0.801. The van der Waals surface area contributed by atoms with E-state index in [2.05, 4.69) is 0 Å². The Balaban J connectivity index is 0. The smallest absolute Gasteiger partial charge is 0.302 e. The first kappa shape index (κ1) is 10.7. The van der Waals surface area contributed by atoms with E-state index in [0.717, 1.165) is 0 Å². The van der Waals surface area contributed by atoms with Gasteiger partial charge in [-0.05, 0) is 0 Å². The average molecular weight is 395 g/mol. The molecular weight excluding hydrogens is 388 g/mol. The minimum atomic E-state index is -3.67. The third-order valence-electron chi connectivity index (χ3n) is 0.801. The van der Waals surface area contributed by atoms with Gasteiger partial charge in [-0.3, -0.25) is 0 Å². The molecule has 0 heterocycles. The number of alkyl halides is 3. The fourth-order valence-corrected chi connectivity index (χ4v) is 0. The van der Waals surface area contributed by atoms with E-state index in [1.54, 1.807) is 0 Å². The van der Waals surface area contributed by atoms with Gasteiger partial charge in [-0.2, -0.15) is 0 Å². The number of hydrogen-bond donors (Lipinski definition) is 1. The molecular formula is C4H7F3ORf. The van der Waals surface area contributed by atoms with Gasteiger partial charge < -0.3 is 5.11 Å². The first-order chi connectivity index (χ1) is 3.25. The van der Waals surface area contributed by atoms with Crippen molar-refractivity contribution in [3.8, 4) is 0 Å². The predicted molar refractivity (Wildman–Crippen MR) is 22.4 cm³/mol. The Morgan fingerprint density at radius 1 is 1.11 bits per heavy atom. The van der Waals surface area contributed by atoms with E-state index in [-0.39, 0.29) is 0 Å². The summed E-state index contributed by atoms with van der Waals surface area (Å²) in [5, 5.41) is 7.94. The Hall–Kier alpha value is -1.25. The van der Waals surface area contributed by atoms with E-state index in [9.17, 15) is 13.2 Å². The molecule has 0 aromatic carbocycles. The molecule has 0 aromatic heterocycles. The zero-order valence-corrected chi connectivity index (χ0v) is 11.7. The third kappa shape index (κ3) is 2.54. The largest absolute Gasteiger partial charge is 0.357 e. The molecule has 1 nitrogen and oxygen atoms in total. The van der Waals surface area contributed by atoms with Crippen LogP contribution in [-0.4, -0.2) is 16.9 Å². The van der Waals surface area contributed by atoms with Crippen LogP contribution in [0.25, 0.3) is 0 Å². The summed E-state index contributed by atoms with van der Waals surface area (Å²) in [6.07, 6.45) is 0. The number of rotatable bonds is 1. The van der Waals surface area contributed by atoms with E-state index in [1.807, 2.05) is 0 Å². The van der Waals surface area contributed by atoms with Crippen molar-refractivity contribution in [1.82, 2.24) is 0 Å². The monoisotopic (exact) mass is 395 g/mol. The molecule has 5 heteroatoms. The molecule has 0 amide bonds. The standard InChI is InChI=1S/C4H7F3O.Rf/c1-3(5,6)4(2,7)8;/h8H,1-2H3;. The Labute approximate surface area is 45.1 Å². The first-order valence-electron chi connectivity index (χ1n) is 2.04. The summed E-state index contributed by atoms with van der Waals surface area (Å²) in [5.74, 6) is -7.07. The van der Waals surface area contributed by atoms with Gasteiger partial charge in [-0.1, -0.05) is 0 Å². The van der Waals surface area contributed by atoms with Crippen LogP contribution >= 0.6 is 0 Å². The van der Waals surface area contributed by atoms with Crippen molar-refractivity contribution in [3.05, 3.63) is 0 Å². The fraction of sp³-hybridized carbons (Fsp3) is 1.00. The van der Waals surface area contributed by atoms with Gasteiger partial charge in [0, 0.05) is 13.8 Å². The van der Waals surface area contributed by atoms with Gasteiger partial charge in [0.2, 0.25) is 0 Å². The van der Waals surface area contributed by atoms with E-state index in [4.69, 9.17) is 5.11 Å². The molecule has 0 aliphatic heterocycles. The molecule has 9 heavy (non-hydrogen) atoms. The van der Waals surface area contributed by atoms with Gasteiger partial charge in [0.05, 0.1) is 0 Å². The Kier molecular flexibility index (Phi) is 2.29. The molecule has 1 N–H and O–H groups in total. The normalized spacial score (nSPS) is 18.0. The van der Waals surface area contributed by atoms with Gasteiger partial charge in [0.15, 0.2) is 0 Å². The predicted octanol–water partition coefficient (Wildman–Crippen LogP) is 1.32. The maximum Gasteiger partial charge on any atom is 0.302 e. The van der Waals surface area contributed by atoms with Crippen LogP contribution in [0.15, 0.2) is 0 Å². The Morgan fingerprint density at radius 2 is 1.22 bits per heavy atom. The number of hydrogen-bond acceptors (Lipinski definition) is 1. The quantitative estimate of drug-likeness (QED) is 0.711. The first-order valence-corrected chi connectivity index (χ1v) is 2.04. The second-order valence-electron chi connectivity index (χ2n) is 1.84. The number of halogens is 3. The summed E-state index contributed by atoms with van der Waals surface area (Å²) in [4.78, 5) is 0. The topological polar surface area (TPSA) is 20.2 Å². The van der Waals surface area contributed by atoms with E-state index in [0.29, 0.717) is 13.8 Å². The van der Waals surface area contributed by atoms with Crippen LogP contribution in [0.3, 0.4) is 0 Å². The minimum Gasteiger partial charge on any atom is -0.357 e. The molecule has 52 valence electrons. The van der Waals surface area contributed by atoms with Crippen LogP contribution in [0, 0.1) is 0 Å². The summed E-state index contributed by atoms with van der Waals surface area (Å²) >= 11 is 0. The summed E-state index contributed by atoms with van der Waals surface area (Å²) < 4.78 is 34.9. The minimum absolute atomic E-state index is 0. The van der Waals surface area contributed by atoms with Crippen molar-refractivity contribution in [2.75, 3.05) is 0 Å². The average Bonchev–Trinajstić information content (AvgIpc) is 1.25. The van der Waals surface area contributed by atoms with Crippen LogP contribution in [-0.2, 0) is 0 Å². The summed E-state index contributed by atoms with van der Waals surface area (Å²) in [6, 6.07) is 0. The van der Waals surface area contributed by atoms with Crippen LogP contribution in [0.5, 0.6) is 0 Å². The molecule has 0 spiro atoms. The Bertz CT molecular complexity index is 70.8. The second-order valence-corrected chi connectivity index (χ2v) is 1.84. The molecule has 0 aromatic rings. The summed E-state index contributed by atoms with van der Waals surface area (Å²) in [7, 11) is 0. The van der Waals surface area contributed by atoms with E-state index >= 15 is 0 Å². The fourth-order valence-electron chi connectivity index (χ4n) is 0. The zero-order valence-electron chi connectivity index (χ0n) is 5.29. The maximum atomic E-state index is 11.7. The molecule has 0 aliphatic rings. The van der Waals surface area contributed by atoms with Gasteiger partial charge in [0.25, 0.3) is 5.85 Å². The van der Waals surface area contributed by atoms with Crippen molar-refractivity contribution in [2.45, 2.75) is 25.6 Å². The van der Waals surface area contributed by atoms with E-state index < -0.39 is 11.8 Å². The van der Waals surface area contributed by atoms with Crippen LogP contribution < -0.4 is 0 Å². The summed E-state index contributed by atoms with van der Waals surface area (Å²) in [5.41, 5.74) is 0. The van der Waals surface area contributed by atoms with Gasteiger partial charge in [-0.25, -0.2) is 13.2 Å². The van der Waals surface area contributed by atoms with E-state index in [1.165, 1.54) is 0 Å². The van der Waals surface area contributed by atoms with Crippen molar-refractivity contribution in [3.63, 3.8) is 0 Å². The number of aliphatic hydroxyl groups is 1. The second kappa shape index (κ2) is 1.93. The molecule has 0 saturated carbocycles. The molecule has 1 unspecified atom stereocenters. The van der Waals surface area contributed by atoms with Crippen molar-refractivity contribution < 1.29 is 18.3 Å². The molecule has 0 fully saturated rings. The van der Waals surface area contributed by atoms with Crippen molar-refractivity contribution >= 4 is 0 Å². The molecule has 0 saturated heterocycles. The SMILES string of the molecule is CC(O)(F)C(C)(F)F.[Rf]. The van der Waals surface area contributed by atoms with Gasteiger partial charge in [0.1, 0.15) is 0 Å². The van der Waals surface area contributed by atoms with Gasteiger partial charge >= 0.3 is 5.92 Å². The van der Waals surface area contributed by atoms with Crippen molar-refractivity contribution in [1.29, 1.82) is 0 Å². The summed E-state index contributed by atoms with van der Waals surface area (Å²) in [6.45, 7) is 0.722. The van der Waals surface area contributed by atoms with Crippen molar-refractivity contribution in [2.24, 2.45) is 0 Å². The van der Waals surface area contributed by atoms with Gasteiger partial charge in [-0.15, -0.1) is 0 Å². The molecule has 0 radical (unpaired) electrons. The van der Waals surface area contributed by atoms with Crippen LogP contribution in [0.2, 0.25) is 0 Å². The van der Waals surface area contributed by atoms with Crippen LogP contribution in [0.1, 0.15) is 13.8 Å². The van der Waals surface area contributed by atoms with Crippen LogP contribution in [0.4, 0.5) is 13.2 Å². The maximum absolute atomic E-state index is 11.7.